The molecule has 5 N–H and O–H groups in total. The molecule has 5 rings (SSSR count). The van der Waals surface area contributed by atoms with E-state index >= 15 is 4.39 Å². The number of likely N-dealkylation sites (N-methyl/N-ethyl adjacent to an activating group) is 1. The molecule has 3 fully saturated rings. The molecule has 21 nitrogen and oxygen atoms in total. The standard InChI is InChI=1S/C28H39FN4O17P2S/c1-11(34)42-8-15(29)17-20(37)21(45-12(2)35)18-26(48-28(17,18)47-13(3)36)49-51(38,39)50-52(40,53)44-9-16-23(31-5)27(4,41-6)24(46-16)14-7-43-22-19(14)32-10-33-25(22)30/h7,10,15-18,20-21,23-24,26,31,37H,8-9H2,1-6H3,(H,38,39)(H,40,53)(H2,30,32,33)/t15-,16+,17?,18?,20?,21?,23+,24-,26?,27+,28?,52?/m0/s1. The van der Waals surface area contributed by atoms with Crippen molar-refractivity contribution in [1.82, 2.24) is 15.3 Å². The van der Waals surface area contributed by atoms with Gasteiger partial charge >= 0.3 is 32.5 Å². The van der Waals surface area contributed by atoms with Crippen molar-refractivity contribution in [2.24, 2.45) is 11.8 Å². The third-order valence-electron chi connectivity index (χ3n) is 9.13. The van der Waals surface area contributed by atoms with Gasteiger partial charge in [-0.1, -0.05) is 12.2 Å². The van der Waals surface area contributed by atoms with E-state index in [-0.39, 0.29) is 11.4 Å². The first-order valence-electron chi connectivity index (χ1n) is 15.8. The molecule has 0 spiro atoms. The van der Waals surface area contributed by atoms with E-state index < -0.39 is 112 Å². The lowest BCUT2D eigenvalue weighted by atomic mass is 9.86. The molecule has 2 saturated heterocycles. The number of hydrogen-bond acceptors (Lipinski definition) is 20. The molecule has 0 aromatic carbocycles. The zero-order valence-electron chi connectivity index (χ0n) is 29.0. The molecular formula is C28H39FN4O17P2S. The number of nitrogens with zero attached hydrogens (tertiary/aromatic N) is 2. The summed E-state index contributed by atoms with van der Waals surface area (Å²) < 4.78 is 95.5. The number of phosphoric acid groups is 1. The maximum absolute atomic E-state index is 15.5. The van der Waals surface area contributed by atoms with Crippen LogP contribution >= 0.6 is 26.9 Å². The second-order valence-electron chi connectivity index (χ2n) is 12.5. The zero-order chi connectivity index (χ0) is 39.3. The number of aromatic nitrogens is 2. The second kappa shape index (κ2) is 15.4. The van der Waals surface area contributed by atoms with Crippen molar-refractivity contribution in [3.8, 4) is 0 Å². The van der Waals surface area contributed by atoms with Gasteiger partial charge in [0.2, 0.25) is 5.79 Å². The van der Waals surface area contributed by atoms with Crippen LogP contribution in [0.3, 0.4) is 0 Å². The molecule has 0 radical (unpaired) electrons. The van der Waals surface area contributed by atoms with Gasteiger partial charge in [0, 0.05) is 33.4 Å². The van der Waals surface area contributed by atoms with Gasteiger partial charge in [-0.05, 0) is 14.0 Å². The van der Waals surface area contributed by atoms with E-state index in [1.165, 1.54) is 19.7 Å². The average molecular weight is 817 g/mol. The third-order valence-corrected chi connectivity index (χ3v) is 12.7. The number of fused-ring (bicyclic) bond motifs is 2. The molecule has 296 valence electrons. The summed E-state index contributed by atoms with van der Waals surface area (Å²) in [4.78, 5) is 54.2. The maximum Gasteiger partial charge on any atom is 0.482 e. The van der Waals surface area contributed by atoms with Crippen LogP contribution in [0, 0.1) is 11.8 Å². The number of ether oxygens (including phenoxy) is 6. The van der Waals surface area contributed by atoms with Crippen LogP contribution in [0.2, 0.25) is 0 Å². The SMILES string of the molecule is CN[C@@H]1[C@@H](COP(=O)(S)OP(=O)(O)OC2OC3(OC(C)=O)C2C(OC(C)=O)C(O)C3[C@@H](F)COC(C)=O)O[C@@H](c2coc3c(N)ncnc23)[C@]1(C)OC. The molecule has 2 aromatic rings. The number of rotatable bonds is 15. The summed E-state index contributed by atoms with van der Waals surface area (Å²) in [5.74, 6) is -8.76. The lowest BCUT2D eigenvalue weighted by Gasteiger charge is -2.51. The first-order valence-corrected chi connectivity index (χ1v) is 19.9. The highest BCUT2D eigenvalue weighted by molar-refractivity contribution is 8.45. The number of hydrogen-bond donors (Lipinski definition) is 5. The highest BCUT2D eigenvalue weighted by Gasteiger charge is 2.78. The highest BCUT2D eigenvalue weighted by Crippen LogP contribution is 2.69. The zero-order valence-corrected chi connectivity index (χ0v) is 31.7. The average Bonchev–Trinajstić information content (AvgIpc) is 3.64. The number of methoxy groups -OCH3 is 1. The number of furan rings is 1. The van der Waals surface area contributed by atoms with E-state index in [2.05, 4.69) is 32.3 Å². The molecule has 8 unspecified atom stereocenters. The monoisotopic (exact) mass is 816 g/mol. The van der Waals surface area contributed by atoms with E-state index in [0.29, 0.717) is 11.1 Å². The summed E-state index contributed by atoms with van der Waals surface area (Å²) in [5.41, 5.74) is 5.79. The van der Waals surface area contributed by atoms with Crippen molar-refractivity contribution >= 4 is 61.7 Å². The van der Waals surface area contributed by atoms with Gasteiger partial charge in [-0.2, -0.15) is 4.31 Å². The van der Waals surface area contributed by atoms with Gasteiger partial charge < -0.3 is 53.9 Å². The summed E-state index contributed by atoms with van der Waals surface area (Å²) in [6, 6.07) is -0.676. The summed E-state index contributed by atoms with van der Waals surface area (Å²) in [5, 5.41) is 14.1. The summed E-state index contributed by atoms with van der Waals surface area (Å²) >= 11 is 3.82. The number of anilines is 1. The fourth-order valence-electron chi connectivity index (χ4n) is 7.05. The van der Waals surface area contributed by atoms with Crippen molar-refractivity contribution < 1.29 is 84.1 Å². The normalized spacial score (nSPS) is 35.1. The predicted octanol–water partition coefficient (Wildman–Crippen LogP) is 1.48. The smallest absolute Gasteiger partial charge is 0.463 e. The van der Waals surface area contributed by atoms with Crippen molar-refractivity contribution in [2.45, 2.75) is 82.0 Å². The van der Waals surface area contributed by atoms with Crippen LogP contribution < -0.4 is 11.1 Å². The van der Waals surface area contributed by atoms with Crippen molar-refractivity contribution in [2.75, 3.05) is 33.1 Å². The molecule has 2 aromatic heterocycles. The van der Waals surface area contributed by atoms with Gasteiger partial charge in [-0.3, -0.25) is 23.4 Å². The van der Waals surface area contributed by atoms with E-state index in [1.807, 2.05) is 0 Å². The van der Waals surface area contributed by atoms with Gasteiger partial charge in [-0.15, -0.1) is 0 Å². The minimum atomic E-state index is -5.53. The Morgan fingerprint density at radius 3 is 2.49 bits per heavy atom. The Labute approximate surface area is 305 Å². The molecular weight excluding hydrogens is 777 g/mol. The topological polar surface area (TPSA) is 286 Å². The number of thiol groups is 1. The quantitative estimate of drug-likeness (QED) is 0.0736. The van der Waals surface area contributed by atoms with E-state index in [0.717, 1.165) is 20.8 Å². The number of carbonyl (C=O) groups is 3. The lowest BCUT2D eigenvalue weighted by molar-refractivity contribution is -0.425. The maximum atomic E-state index is 15.5. The largest absolute Gasteiger partial charge is 0.482 e. The van der Waals surface area contributed by atoms with Crippen LogP contribution in [0.4, 0.5) is 10.2 Å². The molecule has 0 bridgehead atoms. The Bertz CT molecular complexity index is 1830. The van der Waals surface area contributed by atoms with Gasteiger partial charge in [0.1, 0.15) is 60.6 Å². The number of phosphoric ester groups is 1. The Kier molecular flexibility index (Phi) is 12.0. The number of nitrogens with two attached hydrogens (primary N) is 1. The minimum Gasteiger partial charge on any atom is -0.463 e. The fraction of sp³-hybridized carbons (Fsp3) is 0.679. The molecule has 13 atom stereocenters. The number of halogens is 1. The van der Waals surface area contributed by atoms with Crippen molar-refractivity contribution in [3.05, 3.63) is 18.2 Å². The van der Waals surface area contributed by atoms with Gasteiger partial charge in [0.05, 0.1) is 24.8 Å². The summed E-state index contributed by atoms with van der Waals surface area (Å²) in [6.07, 6.45) is -7.21. The van der Waals surface area contributed by atoms with Crippen LogP contribution in [0.1, 0.15) is 39.4 Å². The molecule has 2 aliphatic heterocycles. The number of aliphatic hydroxyl groups excluding tert-OH is 1. The van der Waals surface area contributed by atoms with Crippen LogP contribution in [0.5, 0.6) is 0 Å². The second-order valence-corrected chi connectivity index (χ2v) is 17.0. The number of esters is 3. The summed E-state index contributed by atoms with van der Waals surface area (Å²) in [6.45, 7) is -1.71. The first kappa shape index (κ1) is 41.4. The minimum absolute atomic E-state index is 0.0910. The van der Waals surface area contributed by atoms with Gasteiger partial charge in [-0.25, -0.2) is 23.5 Å². The van der Waals surface area contributed by atoms with Crippen molar-refractivity contribution in [1.29, 1.82) is 0 Å². The van der Waals surface area contributed by atoms with Gasteiger partial charge in [0.25, 0.3) is 0 Å². The van der Waals surface area contributed by atoms with E-state index in [4.69, 9.17) is 47.2 Å². The lowest BCUT2D eigenvalue weighted by Crippen LogP contribution is -2.66. The number of nitrogens with one attached hydrogen (secondary N) is 1. The van der Waals surface area contributed by atoms with E-state index in [9.17, 15) is 33.5 Å². The van der Waals surface area contributed by atoms with Crippen LogP contribution in [0.25, 0.3) is 11.1 Å². The number of aliphatic hydroxyl groups is 1. The Morgan fingerprint density at radius 2 is 1.89 bits per heavy atom. The molecule has 25 heteroatoms. The molecule has 1 aliphatic carbocycles. The first-order chi connectivity index (χ1) is 24.7. The van der Waals surface area contributed by atoms with Crippen molar-refractivity contribution in [3.63, 3.8) is 0 Å². The Morgan fingerprint density at radius 1 is 1.19 bits per heavy atom. The molecule has 0 amide bonds. The third kappa shape index (κ3) is 7.98. The number of alkyl halides is 1. The molecule has 53 heavy (non-hydrogen) atoms. The summed E-state index contributed by atoms with van der Waals surface area (Å²) in [7, 11) is -2.49. The number of nitrogen functional groups attached to an aromatic ring is 1. The van der Waals surface area contributed by atoms with Crippen LogP contribution in [-0.4, -0.2) is 113 Å². The van der Waals surface area contributed by atoms with E-state index in [1.54, 1.807) is 14.0 Å². The van der Waals surface area contributed by atoms with Gasteiger partial charge in [0.15, 0.2) is 17.7 Å². The molecule has 4 heterocycles. The highest BCUT2D eigenvalue weighted by atomic mass is 32.7. The molecule has 3 aliphatic rings. The number of carbonyl (C=O) groups excluding carboxylic acids is 3. The predicted molar refractivity (Wildman–Crippen MR) is 176 cm³/mol. The van der Waals surface area contributed by atoms with Crippen LogP contribution in [0.15, 0.2) is 17.0 Å². The van der Waals surface area contributed by atoms with Crippen LogP contribution in [-0.2, 0) is 65.3 Å². The molecule has 1 saturated carbocycles. The Balaban J connectivity index is 1.31. The Hall–Kier alpha value is -2.79. The fourth-order valence-corrected chi connectivity index (χ4v) is 10.2.